The van der Waals surface area contributed by atoms with Crippen molar-refractivity contribution in [3.05, 3.63) is 99.6 Å². The average Bonchev–Trinajstić information content (AvgIpc) is 3.04. The van der Waals surface area contributed by atoms with E-state index in [1.165, 1.54) is 0 Å². The van der Waals surface area contributed by atoms with Crippen molar-refractivity contribution in [3.63, 3.8) is 0 Å². The summed E-state index contributed by atoms with van der Waals surface area (Å²) in [5.41, 5.74) is 4.62. The maximum atomic E-state index is 12.6. The number of carbonyl (C=O) groups excluding carboxylic acids is 1. The molecule has 0 spiro atoms. The van der Waals surface area contributed by atoms with Gasteiger partial charge in [0.2, 0.25) is 0 Å². The minimum Gasteiger partial charge on any atom is -0.490 e. The summed E-state index contributed by atoms with van der Waals surface area (Å²) in [5, 5.41) is 0.699. The van der Waals surface area contributed by atoms with Gasteiger partial charge < -0.3 is 9.47 Å². The summed E-state index contributed by atoms with van der Waals surface area (Å²) in [5.74, 6) is 1.44. The van der Waals surface area contributed by atoms with Crippen molar-refractivity contribution in [2.75, 3.05) is 6.61 Å². The van der Waals surface area contributed by atoms with E-state index in [1.54, 1.807) is 0 Å². The number of ether oxygens (including phenoxy) is 2. The summed E-state index contributed by atoms with van der Waals surface area (Å²) < 4.78 is 11.7. The van der Waals surface area contributed by atoms with Gasteiger partial charge >= 0.3 is 0 Å². The van der Waals surface area contributed by atoms with E-state index in [4.69, 9.17) is 21.1 Å². The van der Waals surface area contributed by atoms with Gasteiger partial charge in [-0.3, -0.25) is 4.79 Å². The monoisotopic (exact) mass is 404 g/mol. The zero-order valence-electron chi connectivity index (χ0n) is 16.2. The van der Waals surface area contributed by atoms with Crippen molar-refractivity contribution in [1.82, 2.24) is 0 Å². The predicted molar refractivity (Wildman–Crippen MR) is 116 cm³/mol. The number of halogens is 1. The lowest BCUT2D eigenvalue weighted by Gasteiger charge is -2.13. The second kappa shape index (κ2) is 8.54. The van der Waals surface area contributed by atoms with Crippen molar-refractivity contribution in [1.29, 1.82) is 0 Å². The molecule has 146 valence electrons. The highest BCUT2D eigenvalue weighted by molar-refractivity contribution is 6.30. The zero-order valence-corrected chi connectivity index (χ0v) is 16.9. The van der Waals surface area contributed by atoms with Gasteiger partial charge in [0, 0.05) is 22.6 Å². The van der Waals surface area contributed by atoms with E-state index in [2.05, 4.69) is 0 Å². The van der Waals surface area contributed by atoms with Crippen LogP contribution < -0.4 is 9.47 Å². The van der Waals surface area contributed by atoms with Crippen LogP contribution in [0.1, 0.15) is 34.0 Å². The molecule has 0 saturated carbocycles. The van der Waals surface area contributed by atoms with Gasteiger partial charge in [-0.25, -0.2) is 0 Å². The van der Waals surface area contributed by atoms with Gasteiger partial charge in [-0.1, -0.05) is 54.1 Å². The number of allylic oxidation sites excluding steroid dienone is 1. The van der Waals surface area contributed by atoms with Gasteiger partial charge in [-0.15, -0.1) is 0 Å². The quantitative estimate of drug-likeness (QED) is 0.463. The van der Waals surface area contributed by atoms with E-state index in [0.717, 1.165) is 27.8 Å². The lowest BCUT2D eigenvalue weighted by Crippen LogP contribution is -2.00. The Morgan fingerprint density at radius 2 is 1.76 bits per heavy atom. The average molecular weight is 405 g/mol. The molecule has 0 aliphatic heterocycles. The van der Waals surface area contributed by atoms with E-state index in [-0.39, 0.29) is 5.78 Å². The highest BCUT2D eigenvalue weighted by Crippen LogP contribution is 2.32. The Bertz CT molecular complexity index is 1070. The number of fused-ring (bicyclic) bond motifs is 1. The molecule has 0 amide bonds. The van der Waals surface area contributed by atoms with Crippen molar-refractivity contribution < 1.29 is 14.3 Å². The Morgan fingerprint density at radius 3 is 2.52 bits per heavy atom. The van der Waals surface area contributed by atoms with Crippen molar-refractivity contribution >= 4 is 23.5 Å². The number of Topliss-reactive ketones (excluding diaryl/α,β-unsaturated/α-hetero) is 1. The summed E-state index contributed by atoms with van der Waals surface area (Å²) in [6.07, 6.45) is 2.60. The Labute approximate surface area is 175 Å². The highest BCUT2D eigenvalue weighted by Gasteiger charge is 2.24. The van der Waals surface area contributed by atoms with Crippen LogP contribution in [0.2, 0.25) is 5.02 Å². The number of ketones is 1. The maximum absolute atomic E-state index is 12.6. The molecule has 4 heteroatoms. The van der Waals surface area contributed by atoms with Crippen LogP contribution in [0.5, 0.6) is 11.5 Å². The molecule has 3 nitrogen and oxygen atoms in total. The first-order chi connectivity index (χ1) is 14.1. The largest absolute Gasteiger partial charge is 0.490 e. The fourth-order valence-electron chi connectivity index (χ4n) is 3.42. The third-order valence-electron chi connectivity index (χ3n) is 4.85. The second-order valence-electron chi connectivity index (χ2n) is 6.89. The molecule has 0 radical (unpaired) electrons. The van der Waals surface area contributed by atoms with Gasteiger partial charge in [0.05, 0.1) is 6.61 Å². The van der Waals surface area contributed by atoms with Crippen molar-refractivity contribution in [2.24, 2.45) is 0 Å². The van der Waals surface area contributed by atoms with Gasteiger partial charge in [0.15, 0.2) is 17.3 Å². The van der Waals surface area contributed by atoms with Crippen LogP contribution in [-0.2, 0) is 13.0 Å². The first-order valence-electron chi connectivity index (χ1n) is 9.61. The summed E-state index contributed by atoms with van der Waals surface area (Å²) in [4.78, 5) is 12.6. The van der Waals surface area contributed by atoms with E-state index >= 15 is 0 Å². The molecule has 0 unspecified atom stereocenters. The van der Waals surface area contributed by atoms with Gasteiger partial charge in [-0.2, -0.15) is 0 Å². The van der Waals surface area contributed by atoms with Crippen LogP contribution in [0.25, 0.3) is 6.08 Å². The summed E-state index contributed by atoms with van der Waals surface area (Å²) in [6.45, 7) is 2.89. The fourth-order valence-corrected chi connectivity index (χ4v) is 3.54. The molecule has 0 heterocycles. The SMILES string of the molecule is CCOc1cc(/C=C2\Cc3ccccc3C2=O)ccc1OCc1ccc(Cl)cc1. The van der Waals surface area contributed by atoms with Crippen LogP contribution in [0.15, 0.2) is 72.3 Å². The fraction of sp³-hybridized carbons (Fsp3) is 0.160. The molecule has 0 N–H and O–H groups in total. The first-order valence-corrected chi connectivity index (χ1v) is 9.99. The van der Waals surface area contributed by atoms with Crippen LogP contribution in [0.4, 0.5) is 0 Å². The lowest BCUT2D eigenvalue weighted by atomic mass is 10.1. The number of benzene rings is 3. The first kappa shape index (κ1) is 19.3. The number of rotatable bonds is 6. The molecule has 1 aliphatic carbocycles. The Hall–Kier alpha value is -3.04. The highest BCUT2D eigenvalue weighted by atomic mass is 35.5. The van der Waals surface area contributed by atoms with Crippen molar-refractivity contribution in [3.8, 4) is 11.5 Å². The molecular formula is C25H21ClO3. The molecule has 0 bridgehead atoms. The molecule has 3 aromatic rings. The molecule has 1 aliphatic rings. The minimum absolute atomic E-state index is 0.0987. The lowest BCUT2D eigenvalue weighted by molar-refractivity contribution is 0.104. The van der Waals surface area contributed by atoms with Gasteiger partial charge in [-0.05, 0) is 54.0 Å². The second-order valence-corrected chi connectivity index (χ2v) is 7.32. The van der Waals surface area contributed by atoms with Crippen molar-refractivity contribution in [2.45, 2.75) is 20.0 Å². The molecule has 0 atom stereocenters. The summed E-state index contributed by atoms with van der Waals surface area (Å²) >= 11 is 5.93. The topological polar surface area (TPSA) is 35.5 Å². The molecular weight excluding hydrogens is 384 g/mol. The number of hydrogen-bond donors (Lipinski definition) is 0. The smallest absolute Gasteiger partial charge is 0.189 e. The Morgan fingerprint density at radius 1 is 0.966 bits per heavy atom. The maximum Gasteiger partial charge on any atom is 0.189 e. The molecule has 0 fully saturated rings. The number of hydrogen-bond acceptors (Lipinski definition) is 3. The van der Waals surface area contributed by atoms with Crippen LogP contribution >= 0.6 is 11.6 Å². The van der Waals surface area contributed by atoms with Gasteiger partial charge in [0.25, 0.3) is 0 Å². The molecule has 3 aromatic carbocycles. The van der Waals surface area contributed by atoms with Crippen LogP contribution in [0, 0.1) is 0 Å². The third kappa shape index (κ3) is 4.36. The molecule has 4 rings (SSSR count). The van der Waals surface area contributed by atoms with E-state index < -0.39 is 0 Å². The van der Waals surface area contributed by atoms with Crippen LogP contribution in [-0.4, -0.2) is 12.4 Å². The normalized spacial score (nSPS) is 14.1. The van der Waals surface area contributed by atoms with E-state index in [0.29, 0.717) is 36.2 Å². The summed E-state index contributed by atoms with van der Waals surface area (Å²) in [7, 11) is 0. The van der Waals surface area contributed by atoms with E-state index in [9.17, 15) is 4.79 Å². The zero-order chi connectivity index (χ0) is 20.2. The molecule has 0 aromatic heterocycles. The Kier molecular flexibility index (Phi) is 5.68. The Balaban J connectivity index is 1.54. The molecule has 29 heavy (non-hydrogen) atoms. The minimum atomic E-state index is 0.0987. The third-order valence-corrected chi connectivity index (χ3v) is 5.10. The van der Waals surface area contributed by atoms with Crippen LogP contribution in [0.3, 0.4) is 0 Å². The number of carbonyl (C=O) groups is 1. The predicted octanol–water partition coefficient (Wildman–Crippen LogP) is 6.14. The van der Waals surface area contributed by atoms with E-state index in [1.807, 2.05) is 79.7 Å². The standard InChI is InChI=1S/C25H21ClO3/c1-2-28-24-14-18(13-20-15-19-5-3-4-6-22(19)25(20)27)9-12-23(24)29-16-17-7-10-21(26)11-8-17/h3-14H,2,15-16H2,1H3/b20-13+. The summed E-state index contributed by atoms with van der Waals surface area (Å²) in [6, 6.07) is 21.1. The molecule has 0 saturated heterocycles. The van der Waals surface area contributed by atoms with Gasteiger partial charge in [0.1, 0.15) is 6.61 Å².